The van der Waals surface area contributed by atoms with E-state index in [9.17, 15) is 10.5 Å². The van der Waals surface area contributed by atoms with Crippen molar-refractivity contribution in [2.24, 2.45) is 5.41 Å². The van der Waals surface area contributed by atoms with Crippen LogP contribution in [0.4, 0.5) is 0 Å². The lowest BCUT2D eigenvalue weighted by Gasteiger charge is -2.37. The molecule has 0 bridgehead atoms. The van der Waals surface area contributed by atoms with Crippen LogP contribution in [0.15, 0.2) is 30.4 Å². The minimum absolute atomic E-state index is 0.114. The number of hydrogen-bond donors (Lipinski definition) is 0. The second kappa shape index (κ2) is 3.24. The molecule has 2 heteroatoms. The number of rotatable bonds is 0. The van der Waals surface area contributed by atoms with Crippen LogP contribution < -0.4 is 0 Å². The first-order valence-corrected chi connectivity index (χ1v) is 6.18. The zero-order valence-corrected chi connectivity index (χ0v) is 10.6. The van der Waals surface area contributed by atoms with Crippen LogP contribution in [0.25, 0.3) is 0 Å². The molecular formula is C16H14N2. The zero-order chi connectivity index (χ0) is 13.0. The van der Waals surface area contributed by atoms with Gasteiger partial charge in [0.25, 0.3) is 0 Å². The summed E-state index contributed by atoms with van der Waals surface area (Å²) in [5.41, 5.74) is 2.66. The number of benzene rings is 1. The van der Waals surface area contributed by atoms with E-state index in [4.69, 9.17) is 0 Å². The highest BCUT2D eigenvalue weighted by Gasteiger charge is 2.54. The molecule has 2 aliphatic carbocycles. The third-order valence-corrected chi connectivity index (χ3v) is 4.47. The molecule has 0 unspecified atom stereocenters. The van der Waals surface area contributed by atoms with Gasteiger partial charge in [0.1, 0.15) is 5.41 Å². The van der Waals surface area contributed by atoms with Gasteiger partial charge in [-0.2, -0.15) is 10.5 Å². The third kappa shape index (κ3) is 1.06. The summed E-state index contributed by atoms with van der Waals surface area (Å²) in [6.07, 6.45) is 4.74. The lowest BCUT2D eigenvalue weighted by atomic mass is 9.63. The van der Waals surface area contributed by atoms with Gasteiger partial charge in [-0.05, 0) is 28.5 Å². The molecule has 0 heterocycles. The van der Waals surface area contributed by atoms with E-state index in [-0.39, 0.29) is 11.3 Å². The summed E-state index contributed by atoms with van der Waals surface area (Å²) in [5, 5.41) is 19.0. The van der Waals surface area contributed by atoms with Gasteiger partial charge in [0, 0.05) is 0 Å². The molecule has 0 aromatic heterocycles. The predicted octanol–water partition coefficient (Wildman–Crippen LogP) is 3.21. The van der Waals surface area contributed by atoms with Crippen LogP contribution in [0.3, 0.4) is 0 Å². The van der Waals surface area contributed by atoms with E-state index in [1.807, 2.05) is 24.3 Å². The molecule has 18 heavy (non-hydrogen) atoms. The first-order chi connectivity index (χ1) is 8.55. The van der Waals surface area contributed by atoms with E-state index in [0.29, 0.717) is 0 Å². The van der Waals surface area contributed by atoms with Crippen molar-refractivity contribution >= 4 is 0 Å². The zero-order valence-electron chi connectivity index (χ0n) is 10.6. The van der Waals surface area contributed by atoms with E-state index >= 15 is 0 Å². The predicted molar refractivity (Wildman–Crippen MR) is 68.7 cm³/mol. The van der Waals surface area contributed by atoms with Gasteiger partial charge >= 0.3 is 0 Å². The molecule has 0 fully saturated rings. The topological polar surface area (TPSA) is 47.6 Å². The Kier molecular flexibility index (Phi) is 1.99. The van der Waals surface area contributed by atoms with E-state index in [1.165, 1.54) is 5.56 Å². The summed E-state index contributed by atoms with van der Waals surface area (Å²) in [4.78, 5) is 0. The molecule has 2 nitrogen and oxygen atoms in total. The summed E-state index contributed by atoms with van der Waals surface area (Å²) in [6, 6.07) is 10.9. The SMILES string of the molecule is CC1(C)Cc2cccc3c2[C@]1(C#N)C=C[C@H]3C#N. The molecule has 0 spiro atoms. The maximum atomic E-state index is 9.73. The van der Waals surface area contributed by atoms with Crippen LogP contribution in [0, 0.1) is 28.1 Å². The second-order valence-corrected chi connectivity index (χ2v) is 5.83. The quantitative estimate of drug-likeness (QED) is 0.647. The molecule has 2 aliphatic rings. The van der Waals surface area contributed by atoms with E-state index < -0.39 is 5.41 Å². The summed E-state index contributed by atoms with van der Waals surface area (Å²) in [5.74, 6) is -0.213. The van der Waals surface area contributed by atoms with Crippen molar-refractivity contribution < 1.29 is 0 Å². The van der Waals surface area contributed by atoms with Crippen molar-refractivity contribution in [3.8, 4) is 12.1 Å². The Labute approximate surface area is 107 Å². The minimum atomic E-state index is -0.563. The molecular weight excluding hydrogens is 220 g/mol. The minimum Gasteiger partial charge on any atom is -0.197 e. The van der Waals surface area contributed by atoms with Gasteiger partial charge in [-0.1, -0.05) is 44.2 Å². The van der Waals surface area contributed by atoms with Gasteiger partial charge < -0.3 is 0 Å². The smallest absolute Gasteiger partial charge is 0.106 e. The van der Waals surface area contributed by atoms with Crippen LogP contribution in [0.1, 0.15) is 36.5 Å². The van der Waals surface area contributed by atoms with Gasteiger partial charge in [0.05, 0.1) is 18.1 Å². The first kappa shape index (κ1) is 11.1. The monoisotopic (exact) mass is 234 g/mol. The summed E-state index contributed by atoms with van der Waals surface area (Å²) < 4.78 is 0. The first-order valence-electron chi connectivity index (χ1n) is 6.18. The van der Waals surface area contributed by atoms with E-state index in [0.717, 1.165) is 17.5 Å². The average molecular weight is 234 g/mol. The number of nitrogens with zero attached hydrogens (tertiary/aromatic N) is 2. The fourth-order valence-electron chi connectivity index (χ4n) is 3.47. The molecule has 88 valence electrons. The largest absolute Gasteiger partial charge is 0.197 e. The van der Waals surface area contributed by atoms with Crippen molar-refractivity contribution in [2.75, 3.05) is 0 Å². The molecule has 0 saturated carbocycles. The summed E-state index contributed by atoms with van der Waals surface area (Å²) in [6.45, 7) is 4.27. The molecule has 0 aliphatic heterocycles. The molecule has 2 atom stereocenters. The lowest BCUT2D eigenvalue weighted by molar-refractivity contribution is 0.289. The lowest BCUT2D eigenvalue weighted by Crippen LogP contribution is -2.37. The Morgan fingerprint density at radius 1 is 1.28 bits per heavy atom. The number of hydrogen-bond acceptors (Lipinski definition) is 2. The Morgan fingerprint density at radius 2 is 2.06 bits per heavy atom. The van der Waals surface area contributed by atoms with Crippen LogP contribution in [0.2, 0.25) is 0 Å². The Morgan fingerprint density at radius 3 is 2.72 bits per heavy atom. The maximum absolute atomic E-state index is 9.73. The van der Waals surface area contributed by atoms with E-state index in [1.54, 1.807) is 0 Å². The molecule has 0 saturated heterocycles. The van der Waals surface area contributed by atoms with Crippen LogP contribution in [-0.4, -0.2) is 0 Å². The highest BCUT2D eigenvalue weighted by atomic mass is 14.6. The molecule has 1 aromatic rings. The summed E-state index contributed by atoms with van der Waals surface area (Å²) >= 11 is 0. The normalized spacial score (nSPS) is 30.3. The molecule has 0 amide bonds. The molecule has 0 N–H and O–H groups in total. The Hall–Kier alpha value is -2.06. The van der Waals surface area contributed by atoms with Crippen molar-refractivity contribution in [3.05, 3.63) is 47.0 Å². The number of allylic oxidation sites excluding steroid dienone is 2. The fourth-order valence-corrected chi connectivity index (χ4v) is 3.47. The Bertz CT molecular complexity index is 640. The molecule has 0 radical (unpaired) electrons. The van der Waals surface area contributed by atoms with Crippen molar-refractivity contribution in [1.82, 2.24) is 0 Å². The highest BCUT2D eigenvalue weighted by molar-refractivity contribution is 5.60. The van der Waals surface area contributed by atoms with Crippen LogP contribution >= 0.6 is 0 Å². The maximum Gasteiger partial charge on any atom is 0.106 e. The molecule has 1 aromatic carbocycles. The molecule has 3 rings (SSSR count). The van der Waals surface area contributed by atoms with Gasteiger partial charge in [-0.3, -0.25) is 0 Å². The average Bonchev–Trinajstić information content (AvgIpc) is 2.59. The van der Waals surface area contributed by atoms with Crippen molar-refractivity contribution in [3.63, 3.8) is 0 Å². The van der Waals surface area contributed by atoms with Crippen LogP contribution in [0.5, 0.6) is 0 Å². The fraction of sp³-hybridized carbons (Fsp3) is 0.375. The van der Waals surface area contributed by atoms with Crippen molar-refractivity contribution in [1.29, 1.82) is 10.5 Å². The Balaban J connectivity index is 2.39. The standard InChI is InChI=1S/C16H14N2/c1-15(2)8-11-4-3-5-13-12(9-17)6-7-16(15,10-18)14(11)13/h3-7,12H,8H2,1-2H3/t12-,16+/m0/s1. The van der Waals surface area contributed by atoms with Gasteiger partial charge in [-0.25, -0.2) is 0 Å². The van der Waals surface area contributed by atoms with E-state index in [2.05, 4.69) is 32.1 Å². The van der Waals surface area contributed by atoms with Crippen LogP contribution in [-0.2, 0) is 11.8 Å². The van der Waals surface area contributed by atoms with Gasteiger partial charge in [-0.15, -0.1) is 0 Å². The third-order valence-electron chi connectivity index (χ3n) is 4.47. The summed E-state index contributed by atoms with van der Waals surface area (Å²) in [7, 11) is 0. The van der Waals surface area contributed by atoms with Crippen molar-refractivity contribution in [2.45, 2.75) is 31.6 Å². The van der Waals surface area contributed by atoms with Gasteiger partial charge in [0.2, 0.25) is 0 Å². The highest BCUT2D eigenvalue weighted by Crippen LogP contribution is 2.56. The second-order valence-electron chi connectivity index (χ2n) is 5.83. The number of nitriles is 2. The van der Waals surface area contributed by atoms with Gasteiger partial charge in [0.15, 0.2) is 0 Å².